The number of hydrogen-bond acceptors (Lipinski definition) is 6. The van der Waals surface area contributed by atoms with E-state index < -0.39 is 0 Å². The van der Waals surface area contributed by atoms with E-state index in [0.717, 1.165) is 103 Å². The predicted octanol–water partition coefficient (Wildman–Crippen LogP) is 9.55. The third-order valence-corrected chi connectivity index (χ3v) is 8.20. The van der Waals surface area contributed by atoms with E-state index in [1.807, 2.05) is 0 Å². The van der Waals surface area contributed by atoms with Crippen molar-refractivity contribution < 1.29 is 24.2 Å². The van der Waals surface area contributed by atoms with Crippen LogP contribution in [0, 0.1) is 0 Å². The molecule has 0 saturated heterocycles. The van der Waals surface area contributed by atoms with E-state index in [2.05, 4.69) is 25.7 Å². The van der Waals surface area contributed by atoms with Crippen molar-refractivity contribution in [3.05, 3.63) is 0 Å². The fraction of sp³-hybridized carbons (Fsp3) is 0.944. The van der Waals surface area contributed by atoms with Crippen LogP contribution in [0.25, 0.3) is 0 Å². The number of aliphatic hydroxyl groups excluding tert-OH is 1. The molecule has 0 fully saturated rings. The molecular formula is C36H71NO5. The number of carbonyl (C=O) groups excluding carboxylic acids is 2. The number of esters is 2. The summed E-state index contributed by atoms with van der Waals surface area (Å²) in [6.07, 6.45) is 27.2. The molecule has 6 heteroatoms. The Morgan fingerprint density at radius 3 is 1.57 bits per heavy atom. The van der Waals surface area contributed by atoms with Gasteiger partial charge in [-0.15, -0.1) is 0 Å². The van der Waals surface area contributed by atoms with E-state index in [0.29, 0.717) is 19.4 Å². The standard InChI is InChI=1S/C36H71NO5/c1-4-7-10-19-26-34(25-18-9-6-3)42-36(40)28-21-15-13-17-23-30-37(31-32-38)29-22-16-12-14-20-27-35(39)41-33-24-11-8-5-2/h34,38H,4-33H2,1-3H3. The average Bonchev–Trinajstić information content (AvgIpc) is 2.98. The van der Waals surface area contributed by atoms with Crippen molar-refractivity contribution in [3.8, 4) is 0 Å². The van der Waals surface area contributed by atoms with Crippen LogP contribution in [-0.2, 0) is 19.1 Å². The zero-order valence-electron chi connectivity index (χ0n) is 28.3. The molecule has 0 rings (SSSR count). The van der Waals surface area contributed by atoms with Gasteiger partial charge in [-0.2, -0.15) is 0 Å². The highest BCUT2D eigenvalue weighted by atomic mass is 16.5. The molecule has 0 aliphatic carbocycles. The van der Waals surface area contributed by atoms with Gasteiger partial charge in [0.05, 0.1) is 13.2 Å². The Hall–Kier alpha value is -1.14. The van der Waals surface area contributed by atoms with Gasteiger partial charge in [-0.25, -0.2) is 0 Å². The second-order valence-electron chi connectivity index (χ2n) is 12.3. The molecule has 1 atom stereocenters. The normalized spacial score (nSPS) is 12.1. The molecule has 0 heterocycles. The van der Waals surface area contributed by atoms with E-state index in [1.165, 1.54) is 64.2 Å². The Bertz CT molecular complexity index is 585. The van der Waals surface area contributed by atoms with E-state index in [4.69, 9.17) is 9.47 Å². The van der Waals surface area contributed by atoms with Gasteiger partial charge in [0.25, 0.3) is 0 Å². The lowest BCUT2D eigenvalue weighted by Gasteiger charge is -2.21. The first-order valence-corrected chi connectivity index (χ1v) is 18.3. The van der Waals surface area contributed by atoms with E-state index in [9.17, 15) is 14.7 Å². The third-order valence-electron chi connectivity index (χ3n) is 8.20. The summed E-state index contributed by atoms with van der Waals surface area (Å²) in [5.74, 6) is -0.0426. The summed E-state index contributed by atoms with van der Waals surface area (Å²) < 4.78 is 11.2. The molecular weight excluding hydrogens is 526 g/mol. The Kier molecular flexibility index (Phi) is 31.9. The quantitative estimate of drug-likeness (QED) is 0.0600. The number of unbranched alkanes of at least 4 members (excludes halogenated alkanes) is 16. The monoisotopic (exact) mass is 598 g/mol. The lowest BCUT2D eigenvalue weighted by molar-refractivity contribution is -0.150. The number of hydrogen-bond donors (Lipinski definition) is 1. The van der Waals surface area contributed by atoms with Gasteiger partial charge >= 0.3 is 11.9 Å². The molecule has 0 spiro atoms. The minimum Gasteiger partial charge on any atom is -0.466 e. The molecule has 0 aliphatic rings. The number of rotatable bonds is 33. The second kappa shape index (κ2) is 32.8. The number of nitrogens with zero attached hydrogens (tertiary/aromatic N) is 1. The van der Waals surface area contributed by atoms with Crippen LogP contribution in [-0.4, -0.2) is 60.9 Å². The predicted molar refractivity (Wildman–Crippen MR) is 177 cm³/mol. The molecule has 250 valence electrons. The van der Waals surface area contributed by atoms with Crippen LogP contribution in [0.1, 0.15) is 181 Å². The van der Waals surface area contributed by atoms with Gasteiger partial charge in [-0.1, -0.05) is 111 Å². The maximum absolute atomic E-state index is 12.4. The SMILES string of the molecule is CCCCCCOC(=O)CCCCCCCN(CCO)CCCCCCCC(=O)OC(CCCCC)CCCCCC. The molecule has 0 aromatic heterocycles. The largest absolute Gasteiger partial charge is 0.466 e. The summed E-state index contributed by atoms with van der Waals surface area (Å²) in [4.78, 5) is 26.6. The van der Waals surface area contributed by atoms with Gasteiger partial charge in [0.2, 0.25) is 0 Å². The molecule has 0 saturated carbocycles. The fourth-order valence-corrected chi connectivity index (χ4v) is 5.46. The van der Waals surface area contributed by atoms with Crippen molar-refractivity contribution in [1.82, 2.24) is 4.90 Å². The Morgan fingerprint density at radius 1 is 0.548 bits per heavy atom. The summed E-state index contributed by atoms with van der Waals surface area (Å²) >= 11 is 0. The van der Waals surface area contributed by atoms with Gasteiger partial charge in [0.15, 0.2) is 0 Å². The molecule has 0 bridgehead atoms. The van der Waals surface area contributed by atoms with Crippen molar-refractivity contribution in [2.45, 2.75) is 187 Å². The van der Waals surface area contributed by atoms with Gasteiger partial charge in [-0.3, -0.25) is 9.59 Å². The molecule has 0 radical (unpaired) electrons. The average molecular weight is 598 g/mol. The van der Waals surface area contributed by atoms with Crippen LogP contribution in [0.15, 0.2) is 0 Å². The zero-order valence-corrected chi connectivity index (χ0v) is 28.3. The van der Waals surface area contributed by atoms with Crippen LogP contribution < -0.4 is 0 Å². The Morgan fingerprint density at radius 2 is 1.00 bits per heavy atom. The summed E-state index contributed by atoms with van der Waals surface area (Å²) in [6.45, 7) is 10.2. The molecule has 0 aliphatic heterocycles. The number of ether oxygens (including phenoxy) is 2. The lowest BCUT2D eigenvalue weighted by Crippen LogP contribution is -2.29. The first-order chi connectivity index (χ1) is 20.6. The topological polar surface area (TPSA) is 76.1 Å². The van der Waals surface area contributed by atoms with E-state index in [1.54, 1.807) is 0 Å². The molecule has 1 unspecified atom stereocenters. The first kappa shape index (κ1) is 40.9. The Labute approximate surface area is 261 Å². The van der Waals surface area contributed by atoms with Gasteiger partial charge in [0, 0.05) is 19.4 Å². The molecule has 42 heavy (non-hydrogen) atoms. The molecule has 6 nitrogen and oxygen atoms in total. The highest BCUT2D eigenvalue weighted by Crippen LogP contribution is 2.17. The van der Waals surface area contributed by atoms with Crippen LogP contribution in [0.2, 0.25) is 0 Å². The van der Waals surface area contributed by atoms with Crippen LogP contribution >= 0.6 is 0 Å². The second-order valence-corrected chi connectivity index (χ2v) is 12.3. The van der Waals surface area contributed by atoms with Gasteiger partial charge in [-0.05, 0) is 70.9 Å². The first-order valence-electron chi connectivity index (χ1n) is 18.3. The summed E-state index contributed by atoms with van der Waals surface area (Å²) in [5.41, 5.74) is 0. The highest BCUT2D eigenvalue weighted by Gasteiger charge is 2.14. The maximum Gasteiger partial charge on any atom is 0.306 e. The summed E-state index contributed by atoms with van der Waals surface area (Å²) in [7, 11) is 0. The summed E-state index contributed by atoms with van der Waals surface area (Å²) in [5, 5.41) is 9.46. The minimum absolute atomic E-state index is 0.00107. The zero-order chi connectivity index (χ0) is 30.9. The third kappa shape index (κ3) is 29.0. The molecule has 0 aromatic rings. The number of aliphatic hydroxyl groups is 1. The van der Waals surface area contributed by atoms with Crippen LogP contribution in [0.3, 0.4) is 0 Å². The number of carbonyl (C=O) groups is 2. The van der Waals surface area contributed by atoms with E-state index >= 15 is 0 Å². The lowest BCUT2D eigenvalue weighted by atomic mass is 10.0. The maximum atomic E-state index is 12.4. The van der Waals surface area contributed by atoms with Crippen molar-refractivity contribution in [2.24, 2.45) is 0 Å². The van der Waals surface area contributed by atoms with Gasteiger partial charge in [0.1, 0.15) is 6.10 Å². The van der Waals surface area contributed by atoms with Crippen LogP contribution in [0.4, 0.5) is 0 Å². The minimum atomic E-state index is -0.0415. The molecule has 0 aromatic carbocycles. The van der Waals surface area contributed by atoms with Crippen molar-refractivity contribution in [1.29, 1.82) is 0 Å². The fourth-order valence-electron chi connectivity index (χ4n) is 5.46. The highest BCUT2D eigenvalue weighted by molar-refractivity contribution is 5.69. The Balaban J connectivity index is 3.84. The summed E-state index contributed by atoms with van der Waals surface area (Å²) in [6, 6.07) is 0. The smallest absolute Gasteiger partial charge is 0.306 e. The van der Waals surface area contributed by atoms with E-state index in [-0.39, 0.29) is 24.6 Å². The van der Waals surface area contributed by atoms with Crippen LogP contribution in [0.5, 0.6) is 0 Å². The van der Waals surface area contributed by atoms with Gasteiger partial charge < -0.3 is 19.5 Å². The molecule has 1 N–H and O–H groups in total. The van der Waals surface area contributed by atoms with Crippen molar-refractivity contribution >= 4 is 11.9 Å². The van der Waals surface area contributed by atoms with Crippen molar-refractivity contribution in [3.63, 3.8) is 0 Å². The molecule has 0 amide bonds. The van der Waals surface area contributed by atoms with Crippen molar-refractivity contribution in [2.75, 3.05) is 32.8 Å².